The molecule has 22 heavy (non-hydrogen) atoms. The van der Waals surface area contributed by atoms with Gasteiger partial charge in [-0.2, -0.15) is 4.98 Å². The number of rotatable bonds is 0. The van der Waals surface area contributed by atoms with Gasteiger partial charge >= 0.3 is 5.69 Å². The highest BCUT2D eigenvalue weighted by atomic mass is 16.3. The molecule has 0 radical (unpaired) electrons. The van der Waals surface area contributed by atoms with E-state index in [1.165, 1.54) is 6.07 Å². The highest BCUT2D eigenvalue weighted by Crippen LogP contribution is 2.19. The van der Waals surface area contributed by atoms with Crippen LogP contribution in [0.25, 0.3) is 33.1 Å². The first-order valence-electron chi connectivity index (χ1n) is 6.53. The summed E-state index contributed by atoms with van der Waals surface area (Å²) in [5, 5.41) is 0.754. The molecule has 3 heterocycles. The number of pyridine rings is 1. The van der Waals surface area contributed by atoms with Crippen molar-refractivity contribution in [2.24, 2.45) is 0 Å². The van der Waals surface area contributed by atoms with E-state index in [1.807, 2.05) is 13.0 Å². The van der Waals surface area contributed by atoms with Crippen molar-refractivity contribution in [3.05, 3.63) is 60.9 Å². The molecule has 0 amide bonds. The summed E-state index contributed by atoms with van der Waals surface area (Å²) in [7, 11) is 0. The highest BCUT2D eigenvalue weighted by molar-refractivity contribution is 5.93. The summed E-state index contributed by atoms with van der Waals surface area (Å²) in [6, 6.07) is 6.63. The standard InChI is InChI=1S/C15H9N3O4/c1-6-2-3-10-7(4-6)11(19)8-5-9-12(16-14(8)22-10)17-15(21)18-13(9)20/h2-5H,1H3,(H2,16,17,18,20,21). The van der Waals surface area contributed by atoms with Crippen LogP contribution in [0, 0.1) is 6.92 Å². The molecule has 7 heteroatoms. The largest absolute Gasteiger partial charge is 0.437 e. The van der Waals surface area contributed by atoms with Gasteiger partial charge in [-0.3, -0.25) is 19.6 Å². The van der Waals surface area contributed by atoms with Gasteiger partial charge in [0.25, 0.3) is 5.56 Å². The van der Waals surface area contributed by atoms with E-state index < -0.39 is 11.2 Å². The molecular weight excluding hydrogens is 286 g/mol. The Kier molecular flexibility index (Phi) is 2.35. The summed E-state index contributed by atoms with van der Waals surface area (Å²) in [4.78, 5) is 44.3. The van der Waals surface area contributed by atoms with Gasteiger partial charge in [0.05, 0.1) is 16.2 Å². The number of benzene rings is 1. The number of hydrogen-bond donors (Lipinski definition) is 2. The second-order valence-electron chi connectivity index (χ2n) is 5.08. The highest BCUT2D eigenvalue weighted by Gasteiger charge is 2.12. The molecule has 1 aromatic carbocycles. The van der Waals surface area contributed by atoms with Gasteiger partial charge in [0, 0.05) is 0 Å². The van der Waals surface area contributed by atoms with Crippen LogP contribution in [0.2, 0.25) is 0 Å². The Morgan fingerprint density at radius 1 is 1.00 bits per heavy atom. The van der Waals surface area contributed by atoms with Gasteiger partial charge in [0.15, 0.2) is 5.65 Å². The van der Waals surface area contributed by atoms with Crippen LogP contribution < -0.4 is 16.7 Å². The van der Waals surface area contributed by atoms with Crippen molar-refractivity contribution >= 4 is 33.1 Å². The second-order valence-corrected chi connectivity index (χ2v) is 5.08. The quantitative estimate of drug-likeness (QED) is 0.473. The fourth-order valence-corrected chi connectivity index (χ4v) is 2.47. The summed E-state index contributed by atoms with van der Waals surface area (Å²) >= 11 is 0. The predicted octanol–water partition coefficient (Wildman–Crippen LogP) is 1.18. The number of nitrogens with zero attached hydrogens (tertiary/aromatic N) is 1. The molecule has 0 aliphatic carbocycles. The van der Waals surface area contributed by atoms with Crippen LogP contribution in [0.3, 0.4) is 0 Å². The number of nitrogens with one attached hydrogen (secondary N) is 2. The molecule has 0 saturated carbocycles. The van der Waals surface area contributed by atoms with Crippen LogP contribution in [0.1, 0.15) is 5.56 Å². The Morgan fingerprint density at radius 2 is 1.82 bits per heavy atom. The minimum atomic E-state index is -0.664. The predicted molar refractivity (Wildman–Crippen MR) is 81.3 cm³/mol. The molecule has 4 rings (SSSR count). The van der Waals surface area contributed by atoms with Gasteiger partial charge in [-0.1, -0.05) is 11.6 Å². The summed E-state index contributed by atoms with van der Waals surface area (Å²) in [6.07, 6.45) is 0. The summed E-state index contributed by atoms with van der Waals surface area (Å²) in [6.45, 7) is 1.87. The molecular formula is C15H9N3O4. The van der Waals surface area contributed by atoms with Gasteiger partial charge in [0.1, 0.15) is 5.58 Å². The van der Waals surface area contributed by atoms with E-state index in [2.05, 4.69) is 15.0 Å². The molecule has 0 fully saturated rings. The van der Waals surface area contributed by atoms with Crippen LogP contribution in [-0.2, 0) is 0 Å². The maximum Gasteiger partial charge on any atom is 0.327 e. The van der Waals surface area contributed by atoms with Crippen LogP contribution in [-0.4, -0.2) is 15.0 Å². The number of fused-ring (bicyclic) bond motifs is 3. The van der Waals surface area contributed by atoms with Crippen molar-refractivity contribution in [2.75, 3.05) is 0 Å². The molecule has 108 valence electrons. The lowest BCUT2D eigenvalue weighted by Gasteiger charge is -2.03. The lowest BCUT2D eigenvalue weighted by atomic mass is 10.1. The minimum absolute atomic E-state index is 0.0788. The average molecular weight is 295 g/mol. The molecule has 0 spiro atoms. The first-order chi connectivity index (χ1) is 10.5. The van der Waals surface area contributed by atoms with Crippen molar-refractivity contribution in [1.29, 1.82) is 0 Å². The Hall–Kier alpha value is -3.22. The third-order valence-electron chi connectivity index (χ3n) is 3.52. The van der Waals surface area contributed by atoms with E-state index in [0.717, 1.165) is 5.56 Å². The third kappa shape index (κ3) is 1.69. The van der Waals surface area contributed by atoms with Crippen LogP contribution >= 0.6 is 0 Å². The molecule has 0 atom stereocenters. The molecule has 2 N–H and O–H groups in total. The minimum Gasteiger partial charge on any atom is -0.437 e. The zero-order valence-corrected chi connectivity index (χ0v) is 11.4. The van der Waals surface area contributed by atoms with Crippen molar-refractivity contribution in [2.45, 2.75) is 6.92 Å². The van der Waals surface area contributed by atoms with Crippen LogP contribution in [0.5, 0.6) is 0 Å². The zero-order valence-electron chi connectivity index (χ0n) is 11.4. The molecule has 0 unspecified atom stereocenters. The summed E-state index contributed by atoms with van der Waals surface area (Å²) in [5.41, 5.74) is -0.0388. The Morgan fingerprint density at radius 3 is 2.64 bits per heavy atom. The van der Waals surface area contributed by atoms with Crippen molar-refractivity contribution < 1.29 is 4.42 Å². The topological polar surface area (TPSA) is 109 Å². The van der Waals surface area contributed by atoms with Gasteiger partial charge in [-0.15, -0.1) is 0 Å². The number of aryl methyl sites for hydroxylation is 1. The smallest absolute Gasteiger partial charge is 0.327 e. The van der Waals surface area contributed by atoms with E-state index in [9.17, 15) is 14.4 Å². The fraction of sp³-hybridized carbons (Fsp3) is 0.0667. The number of aromatic amines is 2. The lowest BCUT2D eigenvalue weighted by Crippen LogP contribution is -2.22. The first-order valence-corrected chi connectivity index (χ1v) is 6.53. The monoisotopic (exact) mass is 295 g/mol. The second kappa shape index (κ2) is 4.14. The first kappa shape index (κ1) is 12.5. The third-order valence-corrected chi connectivity index (χ3v) is 3.52. The van der Waals surface area contributed by atoms with Crippen molar-refractivity contribution in [3.8, 4) is 0 Å². The average Bonchev–Trinajstić information content (AvgIpc) is 2.47. The molecule has 0 saturated heterocycles. The van der Waals surface area contributed by atoms with Crippen LogP contribution in [0.4, 0.5) is 0 Å². The fourth-order valence-electron chi connectivity index (χ4n) is 2.47. The molecule has 0 aliphatic rings. The molecule has 4 aromatic rings. The zero-order chi connectivity index (χ0) is 15.4. The van der Waals surface area contributed by atoms with Gasteiger partial charge in [-0.05, 0) is 25.1 Å². The SMILES string of the molecule is Cc1ccc2oc3nc4[nH]c(=O)[nH]c(=O)c4cc3c(=O)c2c1. The van der Waals surface area contributed by atoms with Gasteiger partial charge < -0.3 is 4.42 Å². The van der Waals surface area contributed by atoms with E-state index >= 15 is 0 Å². The molecule has 7 nitrogen and oxygen atoms in total. The Balaban J connectivity index is 2.29. The van der Waals surface area contributed by atoms with E-state index in [0.29, 0.717) is 11.0 Å². The normalized spacial score (nSPS) is 11.5. The van der Waals surface area contributed by atoms with Crippen molar-refractivity contribution in [1.82, 2.24) is 15.0 Å². The molecule has 0 bridgehead atoms. The maximum absolute atomic E-state index is 12.6. The van der Waals surface area contributed by atoms with Crippen LogP contribution in [0.15, 0.2) is 43.1 Å². The Bertz CT molecular complexity index is 1250. The molecule has 3 aromatic heterocycles. The van der Waals surface area contributed by atoms with Gasteiger partial charge in [0.2, 0.25) is 11.1 Å². The lowest BCUT2D eigenvalue weighted by molar-refractivity contribution is 0.646. The van der Waals surface area contributed by atoms with Crippen molar-refractivity contribution in [3.63, 3.8) is 0 Å². The van der Waals surface area contributed by atoms with E-state index in [1.54, 1.807) is 12.1 Å². The molecule has 0 aliphatic heterocycles. The Labute approximate surface area is 121 Å². The maximum atomic E-state index is 12.6. The van der Waals surface area contributed by atoms with E-state index in [-0.39, 0.29) is 27.6 Å². The van der Waals surface area contributed by atoms with E-state index in [4.69, 9.17) is 4.42 Å². The number of hydrogen-bond acceptors (Lipinski definition) is 5. The summed E-state index contributed by atoms with van der Waals surface area (Å²) in [5.74, 6) is 0. The van der Waals surface area contributed by atoms with Gasteiger partial charge in [-0.25, -0.2) is 4.79 Å². The number of H-pyrrole nitrogens is 2. The number of aromatic nitrogens is 3. The summed E-state index contributed by atoms with van der Waals surface area (Å²) < 4.78 is 5.62.